The summed E-state index contributed by atoms with van der Waals surface area (Å²) in [6.45, 7) is 0. The fourth-order valence-corrected chi connectivity index (χ4v) is 2.35. The van der Waals surface area contributed by atoms with Gasteiger partial charge in [0.2, 0.25) is 0 Å². The number of hydrogen-bond donors (Lipinski definition) is 1. The molecule has 0 bridgehead atoms. The fourth-order valence-electron chi connectivity index (χ4n) is 2.00. The van der Waals surface area contributed by atoms with Crippen LogP contribution in [0.4, 0.5) is 11.5 Å². The molecule has 0 radical (unpaired) electrons. The highest BCUT2D eigenvalue weighted by Gasteiger charge is 1.99. The molecular formula is C17H13BrN2. The van der Waals surface area contributed by atoms with Crippen LogP contribution >= 0.6 is 15.9 Å². The minimum absolute atomic E-state index is 0.823. The lowest BCUT2D eigenvalue weighted by atomic mass is 10.1. The SMILES string of the molecule is Brc1cccc(Nc2ccc(-c3ccccc3)cc2)n1. The molecule has 98 valence electrons. The van der Waals surface area contributed by atoms with Crippen LogP contribution in [0.2, 0.25) is 0 Å². The van der Waals surface area contributed by atoms with Crippen LogP contribution in [0.15, 0.2) is 77.4 Å². The maximum absolute atomic E-state index is 4.35. The van der Waals surface area contributed by atoms with Crippen molar-refractivity contribution in [2.45, 2.75) is 0 Å². The molecule has 0 saturated carbocycles. The average Bonchev–Trinajstić information content (AvgIpc) is 2.49. The van der Waals surface area contributed by atoms with E-state index < -0.39 is 0 Å². The van der Waals surface area contributed by atoms with E-state index in [1.165, 1.54) is 11.1 Å². The molecular weight excluding hydrogens is 312 g/mol. The third-order valence-electron chi connectivity index (χ3n) is 2.98. The first-order valence-electron chi connectivity index (χ1n) is 6.36. The Morgan fingerprint density at radius 3 is 2.10 bits per heavy atom. The Morgan fingerprint density at radius 1 is 0.700 bits per heavy atom. The number of pyridine rings is 1. The number of aromatic nitrogens is 1. The molecule has 0 aliphatic heterocycles. The largest absolute Gasteiger partial charge is 0.340 e. The first-order chi connectivity index (χ1) is 9.81. The number of halogens is 1. The fraction of sp³-hybridized carbons (Fsp3) is 0. The zero-order valence-electron chi connectivity index (χ0n) is 10.8. The first kappa shape index (κ1) is 12.9. The smallest absolute Gasteiger partial charge is 0.131 e. The summed E-state index contributed by atoms with van der Waals surface area (Å²) >= 11 is 3.37. The highest BCUT2D eigenvalue weighted by atomic mass is 79.9. The Bertz CT molecular complexity index is 694. The molecule has 0 spiro atoms. The summed E-state index contributed by atoms with van der Waals surface area (Å²) in [5, 5.41) is 3.28. The predicted octanol–water partition coefficient (Wildman–Crippen LogP) is 5.25. The molecule has 1 aromatic heterocycles. The number of nitrogens with zero attached hydrogens (tertiary/aromatic N) is 1. The summed E-state index contributed by atoms with van der Waals surface area (Å²) in [7, 11) is 0. The van der Waals surface area contributed by atoms with Gasteiger partial charge in [0.15, 0.2) is 0 Å². The van der Waals surface area contributed by atoms with Crippen LogP contribution in [-0.4, -0.2) is 4.98 Å². The number of benzene rings is 2. The van der Waals surface area contributed by atoms with E-state index in [-0.39, 0.29) is 0 Å². The van der Waals surface area contributed by atoms with Crippen LogP contribution in [0, 0.1) is 0 Å². The Kier molecular flexibility index (Phi) is 3.79. The highest BCUT2D eigenvalue weighted by molar-refractivity contribution is 9.10. The lowest BCUT2D eigenvalue weighted by molar-refractivity contribution is 1.26. The van der Waals surface area contributed by atoms with Crippen LogP contribution in [0.5, 0.6) is 0 Å². The molecule has 1 heterocycles. The molecule has 0 atom stereocenters. The maximum Gasteiger partial charge on any atom is 0.131 e. The summed E-state index contributed by atoms with van der Waals surface area (Å²) < 4.78 is 0.823. The molecule has 0 aliphatic rings. The van der Waals surface area contributed by atoms with Crippen molar-refractivity contribution in [2.75, 3.05) is 5.32 Å². The zero-order chi connectivity index (χ0) is 13.8. The van der Waals surface area contributed by atoms with E-state index >= 15 is 0 Å². The van der Waals surface area contributed by atoms with Gasteiger partial charge >= 0.3 is 0 Å². The van der Waals surface area contributed by atoms with E-state index in [0.29, 0.717) is 0 Å². The van der Waals surface area contributed by atoms with Crippen molar-refractivity contribution >= 4 is 27.4 Å². The second-order valence-corrected chi connectivity index (χ2v) is 5.23. The Balaban J connectivity index is 1.80. The van der Waals surface area contributed by atoms with Crippen LogP contribution in [0.1, 0.15) is 0 Å². The monoisotopic (exact) mass is 324 g/mol. The molecule has 2 nitrogen and oxygen atoms in total. The molecule has 0 unspecified atom stereocenters. The van der Waals surface area contributed by atoms with Gasteiger partial charge in [-0.1, -0.05) is 48.5 Å². The summed E-state index contributed by atoms with van der Waals surface area (Å²) in [6, 6.07) is 24.5. The van der Waals surface area contributed by atoms with Gasteiger partial charge in [0.25, 0.3) is 0 Å². The van der Waals surface area contributed by atoms with Gasteiger partial charge < -0.3 is 5.32 Å². The summed E-state index contributed by atoms with van der Waals surface area (Å²) in [4.78, 5) is 4.35. The normalized spacial score (nSPS) is 10.2. The summed E-state index contributed by atoms with van der Waals surface area (Å²) in [6.07, 6.45) is 0. The second kappa shape index (κ2) is 5.88. The van der Waals surface area contributed by atoms with E-state index in [2.05, 4.69) is 62.6 Å². The van der Waals surface area contributed by atoms with Crippen molar-refractivity contribution in [2.24, 2.45) is 0 Å². The third-order valence-corrected chi connectivity index (χ3v) is 3.42. The Morgan fingerprint density at radius 2 is 1.40 bits per heavy atom. The van der Waals surface area contributed by atoms with Crippen LogP contribution in [-0.2, 0) is 0 Å². The zero-order valence-corrected chi connectivity index (χ0v) is 12.3. The topological polar surface area (TPSA) is 24.9 Å². The van der Waals surface area contributed by atoms with E-state index in [1.54, 1.807) is 0 Å². The molecule has 0 fully saturated rings. The van der Waals surface area contributed by atoms with Crippen molar-refractivity contribution in [3.8, 4) is 11.1 Å². The first-order valence-corrected chi connectivity index (χ1v) is 7.16. The van der Waals surface area contributed by atoms with Gasteiger partial charge in [0.1, 0.15) is 10.4 Å². The van der Waals surface area contributed by atoms with E-state index in [4.69, 9.17) is 0 Å². The van der Waals surface area contributed by atoms with Crippen LogP contribution < -0.4 is 5.32 Å². The van der Waals surface area contributed by atoms with Crippen molar-refractivity contribution in [3.05, 3.63) is 77.4 Å². The maximum atomic E-state index is 4.35. The lowest BCUT2D eigenvalue weighted by Gasteiger charge is -2.07. The molecule has 20 heavy (non-hydrogen) atoms. The van der Waals surface area contributed by atoms with Crippen molar-refractivity contribution in [1.82, 2.24) is 4.98 Å². The molecule has 3 rings (SSSR count). The van der Waals surface area contributed by atoms with Crippen LogP contribution in [0.3, 0.4) is 0 Å². The number of hydrogen-bond acceptors (Lipinski definition) is 2. The van der Waals surface area contributed by atoms with Gasteiger partial charge in [0.05, 0.1) is 0 Å². The second-order valence-electron chi connectivity index (χ2n) is 4.41. The molecule has 0 amide bonds. The van der Waals surface area contributed by atoms with E-state index in [1.807, 2.05) is 36.4 Å². The Labute approximate surface area is 126 Å². The molecule has 3 heteroatoms. The standard InChI is InChI=1S/C17H13BrN2/c18-16-7-4-8-17(20-16)19-15-11-9-14(10-12-15)13-5-2-1-3-6-13/h1-12H,(H,19,20). The summed E-state index contributed by atoms with van der Waals surface area (Å²) in [5.41, 5.74) is 3.45. The van der Waals surface area contributed by atoms with Gasteiger partial charge in [-0.25, -0.2) is 4.98 Å². The quantitative estimate of drug-likeness (QED) is 0.665. The molecule has 0 saturated heterocycles. The van der Waals surface area contributed by atoms with Gasteiger partial charge in [-0.15, -0.1) is 0 Å². The van der Waals surface area contributed by atoms with Crippen LogP contribution in [0.25, 0.3) is 11.1 Å². The molecule has 0 aliphatic carbocycles. The van der Waals surface area contributed by atoms with Crippen molar-refractivity contribution in [1.29, 1.82) is 0 Å². The number of anilines is 2. The predicted molar refractivity (Wildman–Crippen MR) is 87.1 cm³/mol. The van der Waals surface area contributed by atoms with Crippen molar-refractivity contribution < 1.29 is 0 Å². The lowest BCUT2D eigenvalue weighted by Crippen LogP contribution is -1.93. The summed E-state index contributed by atoms with van der Waals surface area (Å²) in [5.74, 6) is 0.826. The molecule has 3 aromatic rings. The van der Waals surface area contributed by atoms with Gasteiger partial charge in [-0.3, -0.25) is 0 Å². The van der Waals surface area contributed by atoms with Gasteiger partial charge in [-0.2, -0.15) is 0 Å². The molecule has 1 N–H and O–H groups in total. The van der Waals surface area contributed by atoms with Gasteiger partial charge in [-0.05, 0) is 51.3 Å². The molecule has 2 aromatic carbocycles. The Hall–Kier alpha value is -2.13. The minimum atomic E-state index is 0.823. The van der Waals surface area contributed by atoms with E-state index in [9.17, 15) is 0 Å². The minimum Gasteiger partial charge on any atom is -0.340 e. The third kappa shape index (κ3) is 3.06. The highest BCUT2D eigenvalue weighted by Crippen LogP contribution is 2.23. The van der Waals surface area contributed by atoms with Gasteiger partial charge in [0, 0.05) is 5.69 Å². The number of nitrogens with one attached hydrogen (secondary N) is 1. The average molecular weight is 325 g/mol. The number of rotatable bonds is 3. The van der Waals surface area contributed by atoms with Crippen molar-refractivity contribution in [3.63, 3.8) is 0 Å². The van der Waals surface area contributed by atoms with E-state index in [0.717, 1.165) is 16.1 Å².